The lowest BCUT2D eigenvalue weighted by Gasteiger charge is -2.11. The van der Waals surface area contributed by atoms with E-state index in [0.717, 1.165) is 6.92 Å². The Bertz CT molecular complexity index is 370. The standard InChI is InChI=1S/C12H14F2O2/c1-12(13,14)10-5-3-4-9(8-10)6-7-11(15)16-2/h3-5,8H,6-7H2,1-2H3. The highest BCUT2D eigenvalue weighted by Crippen LogP contribution is 2.27. The summed E-state index contributed by atoms with van der Waals surface area (Å²) in [5, 5.41) is 0. The molecule has 0 atom stereocenters. The number of hydrogen-bond acceptors (Lipinski definition) is 2. The van der Waals surface area contributed by atoms with Crippen LogP contribution in [0.3, 0.4) is 0 Å². The molecule has 4 heteroatoms. The Morgan fingerprint density at radius 2 is 2.12 bits per heavy atom. The molecule has 0 aliphatic carbocycles. The van der Waals surface area contributed by atoms with Crippen molar-refractivity contribution >= 4 is 5.97 Å². The van der Waals surface area contributed by atoms with E-state index in [1.165, 1.54) is 19.2 Å². The second kappa shape index (κ2) is 5.05. The fourth-order valence-electron chi connectivity index (χ4n) is 1.35. The minimum absolute atomic E-state index is 0.0325. The Balaban J connectivity index is 2.72. The maximum absolute atomic E-state index is 13.0. The van der Waals surface area contributed by atoms with Crippen LogP contribution in [0, 0.1) is 0 Å². The average molecular weight is 228 g/mol. The number of aryl methyl sites for hydroxylation is 1. The van der Waals surface area contributed by atoms with E-state index < -0.39 is 5.92 Å². The molecule has 88 valence electrons. The van der Waals surface area contributed by atoms with Gasteiger partial charge in [0.25, 0.3) is 5.92 Å². The van der Waals surface area contributed by atoms with Crippen LogP contribution in [-0.4, -0.2) is 13.1 Å². The van der Waals surface area contributed by atoms with Crippen LogP contribution in [-0.2, 0) is 21.9 Å². The molecule has 0 spiro atoms. The number of alkyl halides is 2. The van der Waals surface area contributed by atoms with Gasteiger partial charge in [0, 0.05) is 18.9 Å². The van der Waals surface area contributed by atoms with E-state index in [2.05, 4.69) is 4.74 Å². The molecule has 0 saturated heterocycles. The number of carbonyl (C=O) groups is 1. The number of carbonyl (C=O) groups excluding carboxylic acids is 1. The highest BCUT2D eigenvalue weighted by Gasteiger charge is 2.23. The van der Waals surface area contributed by atoms with E-state index in [0.29, 0.717) is 12.0 Å². The highest BCUT2D eigenvalue weighted by atomic mass is 19.3. The zero-order valence-electron chi connectivity index (χ0n) is 9.30. The summed E-state index contributed by atoms with van der Waals surface area (Å²) in [4.78, 5) is 10.9. The third kappa shape index (κ3) is 3.61. The number of halogens is 2. The molecule has 1 aromatic rings. The van der Waals surface area contributed by atoms with E-state index >= 15 is 0 Å². The van der Waals surface area contributed by atoms with Crippen LogP contribution in [0.1, 0.15) is 24.5 Å². The van der Waals surface area contributed by atoms with Crippen molar-refractivity contribution in [3.8, 4) is 0 Å². The Morgan fingerprint density at radius 3 is 2.69 bits per heavy atom. The first-order valence-corrected chi connectivity index (χ1v) is 4.97. The molecule has 2 nitrogen and oxygen atoms in total. The van der Waals surface area contributed by atoms with Crippen molar-refractivity contribution in [2.75, 3.05) is 7.11 Å². The van der Waals surface area contributed by atoms with Crippen molar-refractivity contribution in [3.05, 3.63) is 35.4 Å². The average Bonchev–Trinajstić information content (AvgIpc) is 2.25. The highest BCUT2D eigenvalue weighted by molar-refractivity contribution is 5.69. The fourth-order valence-corrected chi connectivity index (χ4v) is 1.35. The molecule has 0 aliphatic rings. The van der Waals surface area contributed by atoms with Gasteiger partial charge in [0.2, 0.25) is 0 Å². The topological polar surface area (TPSA) is 26.3 Å². The van der Waals surface area contributed by atoms with Crippen molar-refractivity contribution < 1.29 is 18.3 Å². The number of benzene rings is 1. The van der Waals surface area contributed by atoms with E-state index in [-0.39, 0.29) is 18.0 Å². The molecule has 0 bridgehead atoms. The molecule has 0 radical (unpaired) electrons. The third-order valence-electron chi connectivity index (χ3n) is 2.28. The van der Waals surface area contributed by atoms with Crippen LogP contribution in [0.2, 0.25) is 0 Å². The van der Waals surface area contributed by atoms with Crippen molar-refractivity contribution in [1.29, 1.82) is 0 Å². The van der Waals surface area contributed by atoms with Gasteiger partial charge in [-0.3, -0.25) is 4.79 Å². The van der Waals surface area contributed by atoms with Crippen molar-refractivity contribution in [2.24, 2.45) is 0 Å². The Hall–Kier alpha value is -1.45. The lowest BCUT2D eigenvalue weighted by Crippen LogP contribution is -2.08. The van der Waals surface area contributed by atoms with E-state index in [1.54, 1.807) is 12.1 Å². The maximum atomic E-state index is 13.0. The monoisotopic (exact) mass is 228 g/mol. The Morgan fingerprint density at radius 1 is 1.44 bits per heavy atom. The zero-order valence-corrected chi connectivity index (χ0v) is 9.30. The summed E-state index contributed by atoms with van der Waals surface area (Å²) in [5.74, 6) is -3.19. The largest absolute Gasteiger partial charge is 0.469 e. The smallest absolute Gasteiger partial charge is 0.305 e. The first-order chi connectivity index (χ1) is 7.43. The van der Waals surface area contributed by atoms with E-state index in [1.807, 2.05) is 0 Å². The van der Waals surface area contributed by atoms with Crippen LogP contribution >= 0.6 is 0 Å². The van der Waals surface area contributed by atoms with Gasteiger partial charge < -0.3 is 4.74 Å². The van der Waals surface area contributed by atoms with Gasteiger partial charge in [0.05, 0.1) is 7.11 Å². The van der Waals surface area contributed by atoms with Gasteiger partial charge in [-0.1, -0.05) is 18.2 Å². The van der Waals surface area contributed by atoms with Gasteiger partial charge in [-0.25, -0.2) is 8.78 Å². The fraction of sp³-hybridized carbons (Fsp3) is 0.417. The van der Waals surface area contributed by atoms with E-state index in [4.69, 9.17) is 0 Å². The molecule has 0 aliphatic heterocycles. The molecule has 1 rings (SSSR count). The summed E-state index contributed by atoms with van der Waals surface area (Å²) >= 11 is 0. The number of methoxy groups -OCH3 is 1. The van der Waals surface area contributed by atoms with Crippen molar-refractivity contribution in [1.82, 2.24) is 0 Å². The van der Waals surface area contributed by atoms with Crippen LogP contribution in [0.4, 0.5) is 8.78 Å². The third-order valence-corrected chi connectivity index (χ3v) is 2.28. The second-order valence-corrected chi connectivity index (χ2v) is 3.66. The molecule has 0 heterocycles. The number of rotatable bonds is 4. The molecule has 0 N–H and O–H groups in total. The molecular weight excluding hydrogens is 214 g/mol. The van der Waals surface area contributed by atoms with Crippen LogP contribution < -0.4 is 0 Å². The lowest BCUT2D eigenvalue weighted by atomic mass is 10.0. The first kappa shape index (κ1) is 12.6. The number of ether oxygens (including phenoxy) is 1. The van der Waals surface area contributed by atoms with Gasteiger partial charge in [-0.2, -0.15) is 0 Å². The SMILES string of the molecule is COC(=O)CCc1cccc(C(C)(F)F)c1. The quantitative estimate of drug-likeness (QED) is 0.741. The van der Waals surface area contributed by atoms with Crippen LogP contribution in [0.15, 0.2) is 24.3 Å². The van der Waals surface area contributed by atoms with Gasteiger partial charge in [0.15, 0.2) is 0 Å². The summed E-state index contributed by atoms with van der Waals surface area (Å²) in [6.45, 7) is 0.854. The number of esters is 1. The predicted octanol–water partition coefficient (Wildman–Crippen LogP) is 2.90. The molecule has 1 aromatic carbocycles. The van der Waals surface area contributed by atoms with Gasteiger partial charge in [-0.05, 0) is 18.1 Å². The minimum atomic E-state index is -2.85. The molecule has 0 amide bonds. The molecule has 0 fully saturated rings. The van der Waals surface area contributed by atoms with Gasteiger partial charge in [0.1, 0.15) is 0 Å². The summed E-state index contributed by atoms with van der Waals surface area (Å²) in [6, 6.07) is 6.09. The summed E-state index contributed by atoms with van der Waals surface area (Å²) < 4.78 is 30.5. The van der Waals surface area contributed by atoms with Crippen LogP contribution in [0.25, 0.3) is 0 Å². The van der Waals surface area contributed by atoms with Crippen LogP contribution in [0.5, 0.6) is 0 Å². The lowest BCUT2D eigenvalue weighted by molar-refractivity contribution is -0.140. The van der Waals surface area contributed by atoms with Crippen molar-refractivity contribution in [2.45, 2.75) is 25.7 Å². The maximum Gasteiger partial charge on any atom is 0.305 e. The Kier molecular flexibility index (Phi) is 3.99. The normalized spacial score (nSPS) is 11.2. The summed E-state index contributed by atoms with van der Waals surface area (Å²) in [6.07, 6.45) is 0.617. The van der Waals surface area contributed by atoms with E-state index in [9.17, 15) is 13.6 Å². The molecule has 0 aromatic heterocycles. The Labute approximate surface area is 93.2 Å². The summed E-state index contributed by atoms with van der Waals surface area (Å²) in [5.41, 5.74) is 0.680. The summed E-state index contributed by atoms with van der Waals surface area (Å²) in [7, 11) is 1.30. The zero-order chi connectivity index (χ0) is 12.2. The molecular formula is C12H14F2O2. The second-order valence-electron chi connectivity index (χ2n) is 3.66. The molecule has 0 saturated carbocycles. The molecule has 16 heavy (non-hydrogen) atoms. The van der Waals surface area contributed by atoms with Crippen molar-refractivity contribution in [3.63, 3.8) is 0 Å². The molecule has 0 unspecified atom stereocenters. The minimum Gasteiger partial charge on any atom is -0.469 e. The first-order valence-electron chi connectivity index (χ1n) is 4.97. The predicted molar refractivity (Wildman–Crippen MR) is 56.3 cm³/mol. The van der Waals surface area contributed by atoms with Gasteiger partial charge in [-0.15, -0.1) is 0 Å². The number of hydrogen-bond donors (Lipinski definition) is 0. The van der Waals surface area contributed by atoms with Gasteiger partial charge >= 0.3 is 5.97 Å².